The Bertz CT molecular complexity index is 1900. The maximum Gasteiger partial charge on any atom is 0.475 e. The van der Waals surface area contributed by atoms with Gasteiger partial charge in [0.2, 0.25) is 0 Å². The van der Waals surface area contributed by atoms with Gasteiger partial charge >= 0.3 is 21.0 Å². The number of carbonyl (C=O) groups excluding carboxylic acids is 2. The first-order chi connectivity index (χ1) is 23.2. The molecule has 0 unspecified atom stereocenters. The van der Waals surface area contributed by atoms with Crippen LogP contribution in [0.3, 0.4) is 0 Å². The molecule has 1 fully saturated rings. The van der Waals surface area contributed by atoms with Crippen LogP contribution in [-0.4, -0.2) is 44.2 Å². The zero-order chi connectivity index (χ0) is 33.8. The number of carbonyl (C=O) groups is 2. The number of H-pyrrole nitrogens is 1. The molecule has 3 aromatic carbocycles. The number of ether oxygens (including phenoxy) is 2. The lowest BCUT2D eigenvalue weighted by Gasteiger charge is -2.24. The third-order valence-electron chi connectivity index (χ3n) is 9.78. The van der Waals surface area contributed by atoms with E-state index in [1.807, 2.05) is 54.6 Å². The second kappa shape index (κ2) is 14.5. The number of nitrogens with zero attached hydrogens (tertiary/aromatic N) is 1. The molecule has 1 saturated carbocycles. The van der Waals surface area contributed by atoms with Crippen molar-refractivity contribution in [2.75, 3.05) is 13.7 Å². The van der Waals surface area contributed by atoms with E-state index in [0.29, 0.717) is 23.8 Å². The van der Waals surface area contributed by atoms with Crippen LogP contribution < -0.4 is 0 Å². The summed E-state index contributed by atoms with van der Waals surface area (Å²) in [5.74, 6) is -0.336. The highest BCUT2D eigenvalue weighted by Gasteiger charge is 2.38. The van der Waals surface area contributed by atoms with Gasteiger partial charge in [0.15, 0.2) is 0 Å². The van der Waals surface area contributed by atoms with Crippen LogP contribution in [0.2, 0.25) is 11.6 Å². The Morgan fingerprint density at radius 2 is 1.71 bits per heavy atom. The quantitative estimate of drug-likeness (QED) is 0.0864. The van der Waals surface area contributed by atoms with Crippen molar-refractivity contribution < 1.29 is 23.5 Å². The number of fused-ring (bicyclic) bond motifs is 2. The first-order valence-corrected chi connectivity index (χ1v) is 19.1. The average molecular weight is 664 g/mol. The van der Waals surface area contributed by atoms with E-state index in [0.717, 1.165) is 59.0 Å². The molecular formula is C40H47N2O5Si+. The Balaban J connectivity index is 1.46. The maximum absolute atomic E-state index is 13.3. The van der Waals surface area contributed by atoms with Gasteiger partial charge in [-0.2, -0.15) is 0 Å². The van der Waals surface area contributed by atoms with Crippen molar-refractivity contribution >= 4 is 42.8 Å². The lowest BCUT2D eigenvalue weighted by atomic mass is 9.81. The van der Waals surface area contributed by atoms with Crippen LogP contribution in [0.5, 0.6) is 0 Å². The van der Waals surface area contributed by atoms with Gasteiger partial charge < -0.3 is 19.0 Å². The summed E-state index contributed by atoms with van der Waals surface area (Å²) in [7, 11) is 0.455. The standard InChI is InChI=1S/C40H46N2O5Si/c1-40(2,3)48(5)47-23-13-22-42-34-25-30(38(43)45-4)20-21-31(34)35(28-16-10-7-11-17-28)37(42)32-19-12-18-29-24-33(41-36(29)32)39(44)46-26-27-14-8-6-9-15-27/h6,8-9,12,14-15,18-21,24-25,28H,7,10-11,13,16-17,22-23,26H2,1-5H3/p+1. The monoisotopic (exact) mass is 663 g/mol. The molecular weight excluding hydrogens is 617 g/mol. The van der Waals surface area contributed by atoms with E-state index in [2.05, 4.69) is 55.1 Å². The molecule has 1 aliphatic rings. The summed E-state index contributed by atoms with van der Waals surface area (Å²) in [5, 5.41) is 2.28. The van der Waals surface area contributed by atoms with Crippen LogP contribution >= 0.6 is 0 Å². The van der Waals surface area contributed by atoms with Crippen LogP contribution in [0.25, 0.3) is 33.1 Å². The van der Waals surface area contributed by atoms with Crippen molar-refractivity contribution in [1.29, 1.82) is 0 Å². The highest BCUT2D eigenvalue weighted by atomic mass is 28.3. The minimum absolute atomic E-state index is 0.156. The molecule has 0 spiro atoms. The fourth-order valence-electron chi connectivity index (χ4n) is 6.88. The van der Waals surface area contributed by atoms with Crippen molar-refractivity contribution in [2.45, 2.75) is 90.0 Å². The number of benzene rings is 3. The molecule has 0 saturated heterocycles. The number of rotatable bonds is 11. The van der Waals surface area contributed by atoms with Gasteiger partial charge in [-0.05, 0) is 75.3 Å². The Hall–Kier alpha value is -4.14. The predicted molar refractivity (Wildman–Crippen MR) is 194 cm³/mol. The zero-order valence-corrected chi connectivity index (χ0v) is 29.9. The van der Waals surface area contributed by atoms with E-state index >= 15 is 0 Å². The van der Waals surface area contributed by atoms with Crippen LogP contribution in [0.4, 0.5) is 0 Å². The largest absolute Gasteiger partial charge is 0.475 e. The van der Waals surface area contributed by atoms with Gasteiger partial charge in [-0.3, -0.25) is 0 Å². The van der Waals surface area contributed by atoms with Crippen molar-refractivity contribution in [1.82, 2.24) is 9.55 Å². The zero-order valence-electron chi connectivity index (χ0n) is 28.9. The van der Waals surface area contributed by atoms with E-state index in [1.165, 1.54) is 37.3 Å². The summed E-state index contributed by atoms with van der Waals surface area (Å²) < 4.78 is 19.6. The Labute approximate surface area is 285 Å². The van der Waals surface area contributed by atoms with Gasteiger partial charge in [0.25, 0.3) is 0 Å². The minimum atomic E-state index is -0.971. The summed E-state index contributed by atoms with van der Waals surface area (Å²) in [6, 6.07) is 23.9. The molecule has 1 N–H and O–H groups in total. The van der Waals surface area contributed by atoms with E-state index in [9.17, 15) is 9.59 Å². The molecule has 0 amide bonds. The molecule has 7 nitrogen and oxygen atoms in total. The lowest BCUT2D eigenvalue weighted by Crippen LogP contribution is -2.26. The fourth-order valence-corrected chi connectivity index (χ4v) is 7.76. The van der Waals surface area contributed by atoms with Crippen LogP contribution in [0.1, 0.15) is 97.2 Å². The van der Waals surface area contributed by atoms with Crippen LogP contribution in [0.15, 0.2) is 72.8 Å². The molecule has 8 heteroatoms. The number of esters is 2. The average Bonchev–Trinajstić information content (AvgIpc) is 3.68. The molecule has 0 atom stereocenters. The third kappa shape index (κ3) is 7.15. The number of aryl methyl sites for hydroxylation is 1. The SMILES string of the molecule is COC(=O)c1ccc2c(C3CCCCC3)c(-c3cccc4cc(C(=O)OCc5ccccc5)[nH]c34)n(CCCO[Si+](C)C(C)(C)C)c2c1. The summed E-state index contributed by atoms with van der Waals surface area (Å²) in [6.07, 6.45) is 6.73. The highest BCUT2D eigenvalue weighted by molar-refractivity contribution is 6.53. The Kier molecular flexibility index (Phi) is 10.2. The van der Waals surface area contributed by atoms with Crippen molar-refractivity contribution in [2.24, 2.45) is 0 Å². The fraction of sp³-hybridized carbons (Fsp3) is 0.400. The number of hydrogen-bond donors (Lipinski definition) is 1. The Morgan fingerprint density at radius 3 is 2.44 bits per heavy atom. The number of para-hydroxylation sites is 1. The van der Waals surface area contributed by atoms with Crippen molar-refractivity contribution in [3.63, 3.8) is 0 Å². The normalized spacial score (nSPS) is 14.0. The summed E-state index contributed by atoms with van der Waals surface area (Å²) in [4.78, 5) is 29.5. The molecule has 250 valence electrons. The number of nitrogens with one attached hydrogen (secondary N) is 1. The smallest absolute Gasteiger partial charge is 0.465 e. The lowest BCUT2D eigenvalue weighted by molar-refractivity contribution is 0.0466. The van der Waals surface area contributed by atoms with Crippen molar-refractivity contribution in [3.05, 3.63) is 95.2 Å². The minimum Gasteiger partial charge on any atom is -0.465 e. The first-order valence-electron chi connectivity index (χ1n) is 17.2. The Morgan fingerprint density at radius 1 is 0.938 bits per heavy atom. The molecule has 6 rings (SSSR count). The number of hydrogen-bond acceptors (Lipinski definition) is 5. The molecule has 0 bridgehead atoms. The molecule has 48 heavy (non-hydrogen) atoms. The molecule has 0 radical (unpaired) electrons. The van der Waals surface area contributed by atoms with Gasteiger partial charge in [0.05, 0.1) is 37.0 Å². The van der Waals surface area contributed by atoms with E-state index in [-0.39, 0.29) is 23.6 Å². The molecule has 2 aromatic heterocycles. The van der Waals surface area contributed by atoms with Crippen molar-refractivity contribution in [3.8, 4) is 11.3 Å². The van der Waals surface area contributed by atoms with Gasteiger partial charge in [0, 0.05) is 28.4 Å². The number of aromatic nitrogens is 2. The summed E-state index contributed by atoms with van der Waals surface area (Å²) in [6.45, 7) is 10.6. The second-order valence-corrected chi connectivity index (χ2v) is 16.9. The van der Waals surface area contributed by atoms with E-state index in [1.54, 1.807) is 0 Å². The van der Waals surface area contributed by atoms with E-state index < -0.39 is 9.04 Å². The topological polar surface area (TPSA) is 82.6 Å². The van der Waals surface area contributed by atoms with Crippen LogP contribution in [-0.2, 0) is 27.1 Å². The maximum atomic E-state index is 13.3. The van der Waals surface area contributed by atoms with Crippen LogP contribution in [0, 0.1) is 0 Å². The third-order valence-corrected chi connectivity index (χ3v) is 12.5. The molecule has 0 aliphatic heterocycles. The predicted octanol–water partition coefficient (Wildman–Crippen LogP) is 9.81. The first kappa shape index (κ1) is 33.7. The second-order valence-electron chi connectivity index (χ2n) is 14.0. The van der Waals surface area contributed by atoms with E-state index in [4.69, 9.17) is 13.9 Å². The van der Waals surface area contributed by atoms with Gasteiger partial charge in [-0.1, -0.05) is 73.9 Å². The van der Waals surface area contributed by atoms with Gasteiger partial charge in [-0.25, -0.2) is 14.0 Å². The summed E-state index contributed by atoms with van der Waals surface area (Å²) >= 11 is 0. The molecule has 1 aliphatic carbocycles. The van der Waals surface area contributed by atoms with Gasteiger partial charge in [0.1, 0.15) is 17.3 Å². The number of aromatic amines is 1. The highest BCUT2D eigenvalue weighted by Crippen LogP contribution is 2.46. The molecule has 2 heterocycles. The summed E-state index contributed by atoms with van der Waals surface area (Å²) in [5.41, 5.74) is 7.35. The number of methoxy groups -OCH3 is 1. The van der Waals surface area contributed by atoms with Gasteiger partial charge in [-0.15, -0.1) is 0 Å². The molecule has 5 aromatic rings.